The number of carbonyl (C=O) groups excluding carboxylic acids is 1. The van der Waals surface area contributed by atoms with Gasteiger partial charge in [-0.25, -0.2) is 4.79 Å². The van der Waals surface area contributed by atoms with Gasteiger partial charge >= 0.3 is 5.30 Å². The third kappa shape index (κ3) is 4.23. The Morgan fingerprint density at radius 3 is 2.74 bits per heavy atom. The molecule has 0 aromatic heterocycles. The van der Waals surface area contributed by atoms with E-state index in [1.807, 2.05) is 0 Å². The van der Waals surface area contributed by atoms with Gasteiger partial charge in [0.1, 0.15) is 15.8 Å². The van der Waals surface area contributed by atoms with E-state index >= 15 is 0 Å². The number of rotatable bonds is 4. The first kappa shape index (κ1) is 15.4. The molecule has 8 heteroatoms. The molecule has 2 rings (SSSR count). The smallest absolute Gasteiger partial charge is 0.388 e. The lowest BCUT2D eigenvalue weighted by Gasteiger charge is -2.09. The zero-order valence-corrected chi connectivity index (χ0v) is 13.2. The molecule has 1 aromatic rings. The van der Waals surface area contributed by atoms with Crippen molar-refractivity contribution in [1.29, 1.82) is 0 Å². The summed E-state index contributed by atoms with van der Waals surface area (Å²) in [7, 11) is 5.73. The molecular formula is C11H8Cl4O3S. The molecule has 0 aliphatic heterocycles. The van der Waals surface area contributed by atoms with Crippen molar-refractivity contribution in [3.63, 3.8) is 0 Å². The maximum atomic E-state index is 11.0. The lowest BCUT2D eigenvalue weighted by molar-refractivity contribution is 0.227. The SMILES string of the molecule is O=C(Oc1ccc(Cl)c(OCC2CC2(Cl)Cl)c1)SCl. The highest BCUT2D eigenvalue weighted by Crippen LogP contribution is 2.53. The van der Waals surface area contributed by atoms with E-state index in [0.717, 1.165) is 0 Å². The molecule has 104 valence electrons. The molecule has 0 N–H and O–H groups in total. The minimum absolute atomic E-state index is 0.0801. The lowest BCUT2D eigenvalue weighted by atomic mass is 10.3. The molecule has 1 aliphatic rings. The van der Waals surface area contributed by atoms with Crippen molar-refractivity contribution in [2.75, 3.05) is 6.61 Å². The highest BCUT2D eigenvalue weighted by atomic mass is 35.7. The second kappa shape index (κ2) is 6.19. The van der Waals surface area contributed by atoms with Crippen molar-refractivity contribution >= 4 is 61.8 Å². The maximum Gasteiger partial charge on any atom is 0.388 e. The van der Waals surface area contributed by atoms with Crippen LogP contribution in [0.15, 0.2) is 18.2 Å². The second-order valence-electron chi connectivity index (χ2n) is 3.99. The van der Waals surface area contributed by atoms with Crippen LogP contribution in [0, 0.1) is 5.92 Å². The average Bonchev–Trinajstić information content (AvgIpc) is 2.97. The number of carbonyl (C=O) groups is 1. The minimum atomic E-state index is -0.703. The van der Waals surface area contributed by atoms with Crippen LogP contribution in [0.4, 0.5) is 4.79 Å². The predicted molar refractivity (Wildman–Crippen MR) is 79.0 cm³/mol. The summed E-state index contributed by atoms with van der Waals surface area (Å²) in [6.07, 6.45) is 0.686. The first-order chi connectivity index (χ1) is 8.92. The third-order valence-electron chi connectivity index (χ3n) is 2.56. The molecule has 1 saturated carbocycles. The summed E-state index contributed by atoms with van der Waals surface area (Å²) in [5, 5.41) is -0.216. The normalized spacial score (nSPS) is 19.9. The molecular weight excluding hydrogens is 354 g/mol. The molecule has 3 nitrogen and oxygen atoms in total. The minimum Gasteiger partial charge on any atom is -0.491 e. The van der Waals surface area contributed by atoms with Crippen LogP contribution >= 0.6 is 56.5 Å². The van der Waals surface area contributed by atoms with Crippen LogP contribution in [-0.2, 0) is 0 Å². The Kier molecular flexibility index (Phi) is 5.01. The first-order valence-electron chi connectivity index (χ1n) is 5.23. The van der Waals surface area contributed by atoms with Crippen molar-refractivity contribution in [2.24, 2.45) is 5.92 Å². The van der Waals surface area contributed by atoms with Crippen molar-refractivity contribution < 1.29 is 14.3 Å². The highest BCUT2D eigenvalue weighted by molar-refractivity contribution is 8.32. The van der Waals surface area contributed by atoms with E-state index in [-0.39, 0.29) is 5.92 Å². The van der Waals surface area contributed by atoms with Gasteiger partial charge in [0.15, 0.2) is 0 Å². The van der Waals surface area contributed by atoms with Crippen LogP contribution in [0.25, 0.3) is 0 Å². The van der Waals surface area contributed by atoms with E-state index in [4.69, 9.17) is 55.0 Å². The highest BCUT2D eigenvalue weighted by Gasteiger charge is 2.52. The van der Waals surface area contributed by atoms with Crippen molar-refractivity contribution in [3.8, 4) is 11.5 Å². The number of hydrogen-bond acceptors (Lipinski definition) is 4. The maximum absolute atomic E-state index is 11.0. The van der Waals surface area contributed by atoms with Crippen molar-refractivity contribution in [1.82, 2.24) is 0 Å². The van der Waals surface area contributed by atoms with Crippen LogP contribution in [0.3, 0.4) is 0 Å². The summed E-state index contributed by atoms with van der Waals surface area (Å²) >= 11 is 17.8. The molecule has 0 spiro atoms. The van der Waals surface area contributed by atoms with Crippen LogP contribution in [-0.4, -0.2) is 16.2 Å². The number of hydrogen-bond donors (Lipinski definition) is 0. The number of ether oxygens (including phenoxy) is 2. The number of benzene rings is 1. The van der Waals surface area contributed by atoms with Gasteiger partial charge in [-0.15, -0.1) is 23.2 Å². The second-order valence-corrected chi connectivity index (χ2v) is 6.89. The summed E-state index contributed by atoms with van der Waals surface area (Å²) < 4.78 is 9.74. The van der Waals surface area contributed by atoms with Crippen LogP contribution in [0.2, 0.25) is 5.02 Å². The molecule has 1 aliphatic carbocycles. The number of alkyl halides is 2. The van der Waals surface area contributed by atoms with E-state index in [1.165, 1.54) is 6.07 Å². The standard InChI is InChI=1S/C11H8Cl4O3S/c12-8-2-1-7(18-10(16)19-15)3-9(8)17-5-6-4-11(6,13)14/h1-3,6H,4-5H2. The third-order valence-corrected chi connectivity index (χ3v) is 4.39. The van der Waals surface area contributed by atoms with Crippen LogP contribution < -0.4 is 9.47 Å². The Labute approximate surface area is 133 Å². The van der Waals surface area contributed by atoms with Crippen molar-refractivity contribution in [2.45, 2.75) is 10.8 Å². The fourth-order valence-electron chi connectivity index (χ4n) is 1.41. The molecule has 1 fully saturated rings. The molecule has 1 aromatic carbocycles. The Morgan fingerprint density at radius 1 is 1.47 bits per heavy atom. The summed E-state index contributed by atoms with van der Waals surface area (Å²) in [6, 6.07) is 4.63. The Bertz CT molecular complexity index is 495. The molecule has 1 unspecified atom stereocenters. The summed E-state index contributed by atoms with van der Waals surface area (Å²) in [4.78, 5) is 11.0. The van der Waals surface area contributed by atoms with Crippen LogP contribution in [0.5, 0.6) is 11.5 Å². The monoisotopic (exact) mass is 360 g/mol. The Morgan fingerprint density at radius 2 is 2.16 bits per heavy atom. The van der Waals surface area contributed by atoms with E-state index < -0.39 is 9.63 Å². The van der Waals surface area contributed by atoms with Gasteiger partial charge in [-0.1, -0.05) is 11.6 Å². The largest absolute Gasteiger partial charge is 0.491 e. The van der Waals surface area contributed by atoms with E-state index in [1.54, 1.807) is 12.1 Å². The molecule has 0 saturated heterocycles. The van der Waals surface area contributed by atoms with E-state index in [9.17, 15) is 4.79 Å². The first-order valence-corrected chi connectivity index (χ1v) is 8.00. The lowest BCUT2D eigenvalue weighted by Crippen LogP contribution is -2.05. The number of halogens is 4. The zero-order valence-electron chi connectivity index (χ0n) is 9.37. The van der Waals surface area contributed by atoms with Gasteiger partial charge in [-0.05, 0) is 29.2 Å². The zero-order chi connectivity index (χ0) is 14.0. The fraction of sp³-hybridized carbons (Fsp3) is 0.364. The molecule has 0 heterocycles. The molecule has 19 heavy (non-hydrogen) atoms. The summed E-state index contributed by atoms with van der Waals surface area (Å²) in [5.74, 6) is 0.787. The summed E-state index contributed by atoms with van der Waals surface area (Å²) in [6.45, 7) is 0.356. The van der Waals surface area contributed by atoms with Gasteiger partial charge in [0.2, 0.25) is 0 Å². The van der Waals surface area contributed by atoms with Gasteiger partial charge in [0.05, 0.1) is 22.6 Å². The molecule has 0 amide bonds. The summed E-state index contributed by atoms with van der Waals surface area (Å²) in [5.41, 5.74) is 0. The van der Waals surface area contributed by atoms with Gasteiger partial charge in [0.25, 0.3) is 0 Å². The predicted octanol–water partition coefficient (Wildman–Crippen LogP) is 5.30. The van der Waals surface area contributed by atoms with Crippen molar-refractivity contribution in [3.05, 3.63) is 23.2 Å². The van der Waals surface area contributed by atoms with E-state index in [2.05, 4.69) is 0 Å². The average molecular weight is 362 g/mol. The molecule has 0 radical (unpaired) electrons. The Balaban J connectivity index is 1.99. The van der Waals surface area contributed by atoms with Gasteiger partial charge in [-0.3, -0.25) is 0 Å². The molecule has 0 bridgehead atoms. The van der Waals surface area contributed by atoms with Gasteiger partial charge < -0.3 is 9.47 Å². The van der Waals surface area contributed by atoms with Crippen LogP contribution in [0.1, 0.15) is 6.42 Å². The molecule has 1 atom stereocenters. The quantitative estimate of drug-likeness (QED) is 0.538. The van der Waals surface area contributed by atoms with Gasteiger partial charge in [0, 0.05) is 12.0 Å². The Hall–Kier alpha value is -0.0000000000000000555. The van der Waals surface area contributed by atoms with Gasteiger partial charge in [-0.2, -0.15) is 0 Å². The topological polar surface area (TPSA) is 35.5 Å². The van der Waals surface area contributed by atoms with E-state index in [0.29, 0.717) is 40.5 Å². The fourth-order valence-corrected chi connectivity index (χ4v) is 2.30.